The minimum absolute atomic E-state index is 0.0541. The van der Waals surface area contributed by atoms with Gasteiger partial charge in [-0.1, -0.05) is 0 Å². The van der Waals surface area contributed by atoms with Crippen molar-refractivity contribution < 1.29 is 22.7 Å². The molecule has 8 nitrogen and oxygen atoms in total. The average molecular weight is 426 g/mol. The first-order valence-corrected chi connectivity index (χ1v) is 11.7. The molecule has 2 fully saturated rings. The summed E-state index contributed by atoms with van der Waals surface area (Å²) in [5, 5.41) is 2.98. The summed E-state index contributed by atoms with van der Waals surface area (Å²) in [6.45, 7) is 5.63. The summed E-state index contributed by atoms with van der Waals surface area (Å²) in [6, 6.07) is 6.36. The lowest BCUT2D eigenvalue weighted by Crippen LogP contribution is -2.45. The van der Waals surface area contributed by atoms with E-state index in [9.17, 15) is 13.2 Å². The number of nitrogens with zero attached hydrogens (tertiary/aromatic N) is 2. The highest BCUT2D eigenvalue weighted by atomic mass is 32.2. The van der Waals surface area contributed by atoms with Gasteiger partial charge >= 0.3 is 0 Å². The summed E-state index contributed by atoms with van der Waals surface area (Å²) in [6.07, 6.45) is 2.28. The van der Waals surface area contributed by atoms with Gasteiger partial charge in [0.2, 0.25) is 15.9 Å². The Hall–Kier alpha value is -1.68. The molecule has 2 aliphatic rings. The summed E-state index contributed by atoms with van der Waals surface area (Å²) in [5.74, 6) is 0.249. The number of ether oxygens (including phenoxy) is 2. The van der Waals surface area contributed by atoms with E-state index in [0.29, 0.717) is 31.7 Å². The lowest BCUT2D eigenvalue weighted by molar-refractivity contribution is -0.126. The molecule has 0 radical (unpaired) electrons. The normalized spacial score (nSPS) is 21.6. The first-order chi connectivity index (χ1) is 14.0. The average Bonchev–Trinajstić information content (AvgIpc) is 2.77. The predicted octanol–water partition coefficient (Wildman–Crippen LogP) is 0.934. The number of carbonyl (C=O) groups is 1. The molecule has 0 unspecified atom stereocenters. The lowest BCUT2D eigenvalue weighted by Gasteiger charge is -2.31. The molecule has 2 saturated heterocycles. The van der Waals surface area contributed by atoms with Crippen LogP contribution in [0.4, 0.5) is 0 Å². The molecule has 1 atom stereocenters. The molecule has 3 rings (SSSR count). The first kappa shape index (κ1) is 22.0. The Balaban J connectivity index is 1.49. The summed E-state index contributed by atoms with van der Waals surface area (Å²) >= 11 is 0. The number of sulfonamides is 1. The van der Waals surface area contributed by atoms with Crippen molar-refractivity contribution in [2.75, 3.05) is 59.6 Å². The number of amides is 1. The van der Waals surface area contributed by atoms with Crippen LogP contribution in [0.1, 0.15) is 19.3 Å². The summed E-state index contributed by atoms with van der Waals surface area (Å²) in [5.41, 5.74) is 0. The van der Waals surface area contributed by atoms with Crippen molar-refractivity contribution in [2.45, 2.75) is 24.2 Å². The van der Waals surface area contributed by atoms with Gasteiger partial charge < -0.3 is 14.8 Å². The highest BCUT2D eigenvalue weighted by Crippen LogP contribution is 2.25. The van der Waals surface area contributed by atoms with Crippen molar-refractivity contribution in [2.24, 2.45) is 5.92 Å². The minimum Gasteiger partial charge on any atom is -0.497 e. The molecule has 2 heterocycles. The molecule has 2 aliphatic heterocycles. The highest BCUT2D eigenvalue weighted by molar-refractivity contribution is 7.89. The van der Waals surface area contributed by atoms with Crippen molar-refractivity contribution in [3.8, 4) is 5.75 Å². The van der Waals surface area contributed by atoms with Gasteiger partial charge in [-0.15, -0.1) is 0 Å². The second-order valence-corrected chi connectivity index (χ2v) is 9.41. The number of benzene rings is 1. The monoisotopic (exact) mass is 425 g/mol. The summed E-state index contributed by atoms with van der Waals surface area (Å²) in [7, 11) is -2.07. The molecule has 0 spiro atoms. The number of piperidine rings is 1. The van der Waals surface area contributed by atoms with Crippen LogP contribution in [0.5, 0.6) is 5.75 Å². The molecule has 1 aromatic carbocycles. The zero-order valence-electron chi connectivity index (χ0n) is 17.0. The van der Waals surface area contributed by atoms with Gasteiger partial charge in [0.1, 0.15) is 5.75 Å². The fraction of sp³-hybridized carbons (Fsp3) is 0.650. The molecule has 0 bridgehead atoms. The maximum atomic E-state index is 12.9. The van der Waals surface area contributed by atoms with Gasteiger partial charge in [-0.25, -0.2) is 8.42 Å². The van der Waals surface area contributed by atoms with E-state index < -0.39 is 10.0 Å². The number of methoxy groups -OCH3 is 1. The Morgan fingerprint density at radius 1 is 1.21 bits per heavy atom. The molecule has 29 heavy (non-hydrogen) atoms. The van der Waals surface area contributed by atoms with Crippen LogP contribution < -0.4 is 10.1 Å². The number of hydrogen-bond donors (Lipinski definition) is 1. The third kappa shape index (κ3) is 5.91. The van der Waals surface area contributed by atoms with Crippen LogP contribution in [0.15, 0.2) is 29.2 Å². The predicted molar refractivity (Wildman–Crippen MR) is 109 cm³/mol. The molecule has 9 heteroatoms. The Bertz CT molecular complexity index is 763. The summed E-state index contributed by atoms with van der Waals surface area (Å²) in [4.78, 5) is 15.1. The maximum absolute atomic E-state index is 12.9. The number of rotatable bonds is 8. The second kappa shape index (κ2) is 10.4. The van der Waals surface area contributed by atoms with Crippen LogP contribution in [0.2, 0.25) is 0 Å². The zero-order valence-corrected chi connectivity index (χ0v) is 17.8. The maximum Gasteiger partial charge on any atom is 0.243 e. The summed E-state index contributed by atoms with van der Waals surface area (Å²) < 4.78 is 37.7. The van der Waals surface area contributed by atoms with E-state index in [4.69, 9.17) is 9.47 Å². The number of carbonyl (C=O) groups excluding carboxylic acids is 1. The van der Waals surface area contributed by atoms with Gasteiger partial charge in [-0.2, -0.15) is 4.31 Å². The smallest absolute Gasteiger partial charge is 0.243 e. The van der Waals surface area contributed by atoms with Crippen LogP contribution in [0.3, 0.4) is 0 Å². The first-order valence-electron chi connectivity index (χ1n) is 10.2. The highest BCUT2D eigenvalue weighted by Gasteiger charge is 2.33. The quantitative estimate of drug-likeness (QED) is 0.624. The van der Waals surface area contributed by atoms with E-state index in [1.807, 2.05) is 0 Å². The Morgan fingerprint density at radius 3 is 2.62 bits per heavy atom. The van der Waals surface area contributed by atoms with Crippen LogP contribution in [0.25, 0.3) is 0 Å². The van der Waals surface area contributed by atoms with Crippen molar-refractivity contribution in [1.82, 2.24) is 14.5 Å². The molecule has 1 N–H and O–H groups in total. The van der Waals surface area contributed by atoms with Crippen molar-refractivity contribution in [3.05, 3.63) is 24.3 Å². The van der Waals surface area contributed by atoms with Crippen molar-refractivity contribution in [1.29, 1.82) is 0 Å². The lowest BCUT2D eigenvalue weighted by atomic mass is 9.99. The minimum atomic E-state index is -3.61. The fourth-order valence-corrected chi connectivity index (χ4v) is 5.28. The largest absolute Gasteiger partial charge is 0.497 e. The van der Waals surface area contributed by atoms with E-state index in [0.717, 1.165) is 39.3 Å². The van der Waals surface area contributed by atoms with Gasteiger partial charge in [0, 0.05) is 32.7 Å². The standard InChI is InChI=1S/C20H31N3O5S/c1-27-18-5-7-19(8-6-18)29(25,26)23-11-2-4-17(16-23)20(24)21-9-3-10-22-12-14-28-15-13-22/h5-8,17H,2-4,9-16H2,1H3,(H,21,24)/t17-/m1/s1. The van der Waals surface area contributed by atoms with Crippen LogP contribution in [-0.2, 0) is 19.6 Å². The molecule has 1 amide bonds. The van der Waals surface area contributed by atoms with Gasteiger partial charge in [0.05, 0.1) is 31.1 Å². The van der Waals surface area contributed by atoms with E-state index in [1.54, 1.807) is 24.3 Å². The molecule has 0 saturated carbocycles. The Kier molecular flexibility index (Phi) is 7.88. The van der Waals surface area contributed by atoms with Gasteiger partial charge in [0.25, 0.3) is 0 Å². The number of morpholine rings is 1. The van der Waals surface area contributed by atoms with Gasteiger partial charge in [-0.3, -0.25) is 9.69 Å². The molecule has 162 valence electrons. The topological polar surface area (TPSA) is 88.2 Å². The molecular weight excluding hydrogens is 394 g/mol. The van der Waals surface area contributed by atoms with E-state index >= 15 is 0 Å². The number of nitrogens with one attached hydrogen (secondary N) is 1. The van der Waals surface area contributed by atoms with Crippen molar-refractivity contribution in [3.63, 3.8) is 0 Å². The van der Waals surface area contributed by atoms with Crippen LogP contribution >= 0.6 is 0 Å². The van der Waals surface area contributed by atoms with E-state index in [-0.39, 0.29) is 23.3 Å². The Morgan fingerprint density at radius 2 is 1.93 bits per heavy atom. The van der Waals surface area contributed by atoms with Crippen LogP contribution in [0, 0.1) is 5.92 Å². The SMILES string of the molecule is COc1ccc(S(=O)(=O)N2CCC[C@@H](C(=O)NCCCN3CCOCC3)C2)cc1. The Labute approximate surface area is 173 Å². The van der Waals surface area contributed by atoms with Gasteiger partial charge in [0.15, 0.2) is 0 Å². The van der Waals surface area contributed by atoms with E-state index in [2.05, 4.69) is 10.2 Å². The molecule has 0 aliphatic carbocycles. The number of hydrogen-bond acceptors (Lipinski definition) is 6. The zero-order chi connectivity index (χ0) is 20.7. The third-order valence-corrected chi connectivity index (χ3v) is 7.39. The van der Waals surface area contributed by atoms with Gasteiger partial charge in [-0.05, 0) is 50.1 Å². The molecule has 1 aromatic rings. The van der Waals surface area contributed by atoms with Crippen LogP contribution in [-0.4, -0.2) is 83.1 Å². The molecule has 0 aromatic heterocycles. The second-order valence-electron chi connectivity index (χ2n) is 7.48. The molecular formula is C20H31N3O5S. The third-order valence-electron chi connectivity index (χ3n) is 5.51. The van der Waals surface area contributed by atoms with Crippen molar-refractivity contribution >= 4 is 15.9 Å². The van der Waals surface area contributed by atoms with E-state index in [1.165, 1.54) is 11.4 Å². The fourth-order valence-electron chi connectivity index (χ4n) is 3.75.